The molecule has 0 bridgehead atoms. The standard InChI is InChI=1S/C22H32Cl2FN5O2Si/c1-13(11-17(26)20(23)24)22(31)28-18-8-7-16(21(25)27-18)19-14(2)29-30(15(19)3)12-32-9-10-33(4,5)6/h7-8,17,20H,1,9-12,26H2,2-6H3,(H,27,28,31)/t17-/m0/s1. The Balaban J connectivity index is 2.11. The van der Waals surface area contributed by atoms with Gasteiger partial charge in [-0.15, -0.1) is 23.2 Å². The zero-order valence-corrected chi connectivity index (χ0v) is 22.2. The van der Waals surface area contributed by atoms with Crippen LogP contribution in [0.2, 0.25) is 25.7 Å². The molecule has 33 heavy (non-hydrogen) atoms. The summed E-state index contributed by atoms with van der Waals surface area (Å²) in [6.07, 6.45) is 0.0989. The number of hydrogen-bond donors (Lipinski definition) is 2. The van der Waals surface area contributed by atoms with Gasteiger partial charge in [-0.05, 0) is 38.4 Å². The number of amides is 1. The molecule has 0 fully saturated rings. The zero-order chi connectivity index (χ0) is 24.9. The number of carbonyl (C=O) groups excluding carboxylic acids is 1. The van der Waals surface area contributed by atoms with E-state index in [9.17, 15) is 9.18 Å². The van der Waals surface area contributed by atoms with Crippen LogP contribution in [-0.2, 0) is 16.3 Å². The molecular weight excluding hydrogens is 484 g/mol. The number of nitrogens with one attached hydrogen (secondary N) is 1. The van der Waals surface area contributed by atoms with Crippen LogP contribution in [0.25, 0.3) is 11.1 Å². The van der Waals surface area contributed by atoms with Gasteiger partial charge in [0, 0.05) is 43.1 Å². The number of hydrogen-bond acceptors (Lipinski definition) is 5. The lowest BCUT2D eigenvalue weighted by atomic mass is 10.1. The van der Waals surface area contributed by atoms with Gasteiger partial charge in [0.2, 0.25) is 5.95 Å². The van der Waals surface area contributed by atoms with Gasteiger partial charge in [-0.25, -0.2) is 9.67 Å². The van der Waals surface area contributed by atoms with Crippen LogP contribution >= 0.6 is 23.2 Å². The van der Waals surface area contributed by atoms with E-state index in [1.54, 1.807) is 10.7 Å². The first kappa shape index (κ1) is 27.5. The minimum atomic E-state index is -1.18. The van der Waals surface area contributed by atoms with E-state index in [1.165, 1.54) is 6.07 Å². The molecular formula is C22H32Cl2FN5O2Si. The lowest BCUT2D eigenvalue weighted by Gasteiger charge is -2.15. The van der Waals surface area contributed by atoms with E-state index >= 15 is 0 Å². The van der Waals surface area contributed by atoms with Crippen molar-refractivity contribution in [2.45, 2.75) is 63.6 Å². The number of ether oxygens (including phenoxy) is 1. The van der Waals surface area contributed by atoms with Crippen LogP contribution in [0, 0.1) is 19.8 Å². The Hall–Kier alpha value is -1.78. The highest BCUT2D eigenvalue weighted by Gasteiger charge is 2.20. The highest BCUT2D eigenvalue weighted by Crippen LogP contribution is 2.29. The van der Waals surface area contributed by atoms with Crippen molar-refractivity contribution in [2.75, 3.05) is 11.9 Å². The van der Waals surface area contributed by atoms with Gasteiger partial charge < -0.3 is 15.8 Å². The van der Waals surface area contributed by atoms with Crippen molar-refractivity contribution in [3.05, 3.63) is 41.6 Å². The minimum absolute atomic E-state index is 0.0571. The summed E-state index contributed by atoms with van der Waals surface area (Å²) in [7, 11) is -1.18. The fourth-order valence-corrected chi connectivity index (χ4v) is 4.04. The van der Waals surface area contributed by atoms with E-state index in [2.05, 4.69) is 41.6 Å². The monoisotopic (exact) mass is 515 g/mol. The van der Waals surface area contributed by atoms with Crippen molar-refractivity contribution in [1.82, 2.24) is 14.8 Å². The largest absolute Gasteiger partial charge is 0.360 e. The smallest absolute Gasteiger partial charge is 0.252 e. The van der Waals surface area contributed by atoms with Crippen LogP contribution in [0.3, 0.4) is 0 Å². The molecule has 2 heterocycles. The highest BCUT2D eigenvalue weighted by atomic mass is 35.5. The molecule has 1 amide bonds. The summed E-state index contributed by atoms with van der Waals surface area (Å²) in [5, 5.41) is 7.01. The van der Waals surface area contributed by atoms with E-state index in [-0.39, 0.29) is 17.8 Å². The molecule has 0 aliphatic heterocycles. The summed E-state index contributed by atoms with van der Waals surface area (Å²) < 4.78 is 22.4. The molecule has 2 aromatic heterocycles. The van der Waals surface area contributed by atoms with Gasteiger partial charge in [0.25, 0.3) is 5.91 Å². The molecule has 182 valence electrons. The molecule has 2 rings (SSSR count). The Kier molecular flexibility index (Phi) is 9.63. The summed E-state index contributed by atoms with van der Waals surface area (Å²) in [5.41, 5.74) is 8.30. The van der Waals surface area contributed by atoms with Crippen LogP contribution in [0.4, 0.5) is 10.2 Å². The Morgan fingerprint density at radius 3 is 2.58 bits per heavy atom. The molecule has 0 saturated heterocycles. The third kappa shape index (κ3) is 7.89. The quantitative estimate of drug-likeness (QED) is 0.144. The van der Waals surface area contributed by atoms with Gasteiger partial charge in [-0.1, -0.05) is 26.2 Å². The van der Waals surface area contributed by atoms with Crippen molar-refractivity contribution >= 4 is 43.0 Å². The maximum atomic E-state index is 14.9. The minimum Gasteiger partial charge on any atom is -0.360 e. The van der Waals surface area contributed by atoms with Crippen LogP contribution in [0.15, 0.2) is 24.3 Å². The molecule has 11 heteroatoms. The average molecular weight is 517 g/mol. The maximum Gasteiger partial charge on any atom is 0.252 e. The first-order valence-electron chi connectivity index (χ1n) is 10.6. The number of aryl methyl sites for hydroxylation is 1. The van der Waals surface area contributed by atoms with Crippen LogP contribution in [0.1, 0.15) is 17.8 Å². The molecule has 0 spiro atoms. The fourth-order valence-electron chi connectivity index (χ4n) is 3.10. The number of anilines is 1. The fraction of sp³-hybridized carbons (Fsp3) is 0.500. The number of aromatic nitrogens is 3. The normalized spacial score (nSPS) is 12.8. The third-order valence-electron chi connectivity index (χ3n) is 5.08. The average Bonchev–Trinajstić information content (AvgIpc) is 2.98. The summed E-state index contributed by atoms with van der Waals surface area (Å²) in [4.78, 5) is 15.4. The van der Waals surface area contributed by atoms with Crippen LogP contribution < -0.4 is 11.1 Å². The van der Waals surface area contributed by atoms with Crippen molar-refractivity contribution in [2.24, 2.45) is 5.73 Å². The number of pyridine rings is 1. The van der Waals surface area contributed by atoms with Crippen LogP contribution in [-0.4, -0.2) is 46.2 Å². The van der Waals surface area contributed by atoms with E-state index in [0.29, 0.717) is 30.2 Å². The Morgan fingerprint density at radius 1 is 1.33 bits per heavy atom. The Morgan fingerprint density at radius 2 is 2.00 bits per heavy atom. The predicted octanol–water partition coefficient (Wildman–Crippen LogP) is 5.03. The first-order chi connectivity index (χ1) is 15.3. The van der Waals surface area contributed by atoms with Gasteiger partial charge in [0.15, 0.2) is 0 Å². The number of nitrogens with zero attached hydrogens (tertiary/aromatic N) is 3. The molecule has 0 aliphatic rings. The number of carbonyl (C=O) groups is 1. The molecule has 0 unspecified atom stereocenters. The molecule has 0 aliphatic carbocycles. The van der Waals surface area contributed by atoms with Gasteiger partial charge in [0.1, 0.15) is 17.4 Å². The number of alkyl halides is 2. The van der Waals surface area contributed by atoms with Crippen molar-refractivity contribution < 1.29 is 13.9 Å². The summed E-state index contributed by atoms with van der Waals surface area (Å²) in [5.74, 6) is -1.20. The van der Waals surface area contributed by atoms with Gasteiger partial charge in [0.05, 0.1) is 5.69 Å². The van der Waals surface area contributed by atoms with E-state index < -0.39 is 30.8 Å². The number of rotatable bonds is 11. The van der Waals surface area contributed by atoms with E-state index in [0.717, 1.165) is 11.7 Å². The SMILES string of the molecule is C=C(C[C@H](N)C(Cl)Cl)C(=O)Nc1ccc(-c2c(C)nn(COCC[Si](C)(C)C)c2C)c(F)n1. The number of nitrogens with two attached hydrogens (primary N) is 1. The topological polar surface area (TPSA) is 95.1 Å². The van der Waals surface area contributed by atoms with Crippen molar-refractivity contribution in [1.29, 1.82) is 0 Å². The molecule has 7 nitrogen and oxygen atoms in total. The second-order valence-corrected chi connectivity index (χ2v) is 16.0. The first-order valence-corrected chi connectivity index (χ1v) is 15.2. The second kappa shape index (κ2) is 11.6. The predicted molar refractivity (Wildman–Crippen MR) is 135 cm³/mol. The molecule has 3 N–H and O–H groups in total. The molecule has 0 radical (unpaired) electrons. The lowest BCUT2D eigenvalue weighted by molar-refractivity contribution is -0.113. The third-order valence-corrected chi connectivity index (χ3v) is 7.43. The highest BCUT2D eigenvalue weighted by molar-refractivity contribution is 6.76. The van der Waals surface area contributed by atoms with Crippen molar-refractivity contribution in [3.63, 3.8) is 0 Å². The Bertz CT molecular complexity index is 1010. The van der Waals surface area contributed by atoms with E-state index in [1.807, 2.05) is 13.8 Å². The van der Waals surface area contributed by atoms with Crippen molar-refractivity contribution in [3.8, 4) is 11.1 Å². The molecule has 0 aromatic carbocycles. The summed E-state index contributed by atoms with van der Waals surface area (Å²) in [6, 6.07) is 3.51. The molecule has 2 aromatic rings. The lowest BCUT2D eigenvalue weighted by Crippen LogP contribution is -2.30. The van der Waals surface area contributed by atoms with Crippen LogP contribution in [0.5, 0.6) is 0 Å². The summed E-state index contributed by atoms with van der Waals surface area (Å²) >= 11 is 11.4. The summed E-state index contributed by atoms with van der Waals surface area (Å²) in [6.45, 7) is 15.2. The van der Waals surface area contributed by atoms with Gasteiger partial charge >= 0.3 is 0 Å². The van der Waals surface area contributed by atoms with Gasteiger partial charge in [-0.2, -0.15) is 9.49 Å². The molecule has 0 saturated carbocycles. The number of halogens is 3. The second-order valence-electron chi connectivity index (χ2n) is 9.19. The zero-order valence-electron chi connectivity index (χ0n) is 19.7. The van der Waals surface area contributed by atoms with Gasteiger partial charge in [-0.3, -0.25) is 4.79 Å². The Labute approximate surface area is 205 Å². The molecule has 1 atom stereocenters. The van der Waals surface area contributed by atoms with E-state index in [4.69, 9.17) is 33.7 Å². The maximum absolute atomic E-state index is 14.9.